The van der Waals surface area contributed by atoms with Crippen molar-refractivity contribution in [3.63, 3.8) is 0 Å². The third-order valence-corrected chi connectivity index (χ3v) is 2.54. The molecule has 0 aliphatic rings. The molecule has 1 rings (SSSR count). The van der Waals surface area contributed by atoms with Crippen LogP contribution in [-0.4, -0.2) is 20.3 Å². The number of ether oxygens (including phenoxy) is 2. The van der Waals surface area contributed by atoms with E-state index < -0.39 is 0 Å². The van der Waals surface area contributed by atoms with Crippen molar-refractivity contribution in [3.8, 4) is 18.1 Å². The van der Waals surface area contributed by atoms with Crippen molar-refractivity contribution in [2.45, 2.75) is 25.7 Å². The van der Waals surface area contributed by atoms with Crippen LogP contribution in [0.25, 0.3) is 0 Å². The van der Waals surface area contributed by atoms with Crippen molar-refractivity contribution >= 4 is 0 Å². The molecule has 0 aromatic heterocycles. The normalized spacial score (nSPS) is 9.88. The quantitative estimate of drug-likeness (QED) is 0.506. The molecule has 0 amide bonds. The van der Waals surface area contributed by atoms with Crippen LogP contribution in [-0.2, 0) is 4.74 Å². The Morgan fingerprint density at radius 2 is 1.76 bits per heavy atom. The summed E-state index contributed by atoms with van der Waals surface area (Å²) in [5.74, 6) is 3.43. The molecule has 0 aliphatic heterocycles. The lowest BCUT2D eigenvalue weighted by Gasteiger charge is -2.07. The maximum absolute atomic E-state index is 5.66. The van der Waals surface area contributed by atoms with Gasteiger partial charge in [0, 0.05) is 13.7 Å². The van der Waals surface area contributed by atoms with Gasteiger partial charge >= 0.3 is 0 Å². The molecular weight excluding hydrogens is 212 g/mol. The number of benzene rings is 1. The molecule has 2 heteroatoms. The molecule has 0 fully saturated rings. The zero-order valence-corrected chi connectivity index (χ0v) is 10.4. The average molecular weight is 232 g/mol. The number of unbranched alkanes of at least 4 members (excludes halogenated alkanes) is 3. The average Bonchev–Trinajstić information content (AvgIpc) is 2.38. The minimum Gasteiger partial charge on any atom is -0.492 e. The molecule has 0 N–H and O–H groups in total. The summed E-state index contributed by atoms with van der Waals surface area (Å²) in [6.07, 6.45) is 9.93. The van der Waals surface area contributed by atoms with Crippen LogP contribution in [0.15, 0.2) is 24.3 Å². The number of hydrogen-bond donors (Lipinski definition) is 0. The van der Waals surface area contributed by atoms with Crippen LogP contribution < -0.4 is 4.74 Å². The van der Waals surface area contributed by atoms with Gasteiger partial charge in [-0.25, -0.2) is 0 Å². The Bertz CT molecular complexity index is 352. The third kappa shape index (κ3) is 5.42. The first kappa shape index (κ1) is 13.6. The van der Waals surface area contributed by atoms with Gasteiger partial charge in [-0.05, 0) is 31.4 Å². The fourth-order valence-corrected chi connectivity index (χ4v) is 1.60. The Morgan fingerprint density at radius 1 is 1.06 bits per heavy atom. The summed E-state index contributed by atoms with van der Waals surface area (Å²) in [7, 11) is 1.74. The highest BCUT2D eigenvalue weighted by Gasteiger charge is 1.99. The van der Waals surface area contributed by atoms with Gasteiger partial charge in [-0.2, -0.15) is 0 Å². The minimum absolute atomic E-state index is 0.728. The monoisotopic (exact) mass is 232 g/mol. The Balaban J connectivity index is 2.16. The maximum Gasteiger partial charge on any atom is 0.134 e. The van der Waals surface area contributed by atoms with Crippen molar-refractivity contribution < 1.29 is 9.47 Å². The van der Waals surface area contributed by atoms with E-state index in [1.807, 2.05) is 24.3 Å². The van der Waals surface area contributed by atoms with E-state index in [0.717, 1.165) is 37.4 Å². The van der Waals surface area contributed by atoms with E-state index in [0.29, 0.717) is 0 Å². The minimum atomic E-state index is 0.728. The number of rotatable bonds is 8. The van der Waals surface area contributed by atoms with Crippen LogP contribution in [0.2, 0.25) is 0 Å². The van der Waals surface area contributed by atoms with Gasteiger partial charge in [-0.1, -0.05) is 24.5 Å². The Labute approximate surface area is 104 Å². The largest absolute Gasteiger partial charge is 0.492 e. The Morgan fingerprint density at radius 3 is 2.47 bits per heavy atom. The van der Waals surface area contributed by atoms with E-state index in [4.69, 9.17) is 15.9 Å². The lowest BCUT2D eigenvalue weighted by molar-refractivity contribution is 0.191. The first-order chi connectivity index (χ1) is 8.38. The highest BCUT2D eigenvalue weighted by atomic mass is 16.5. The summed E-state index contributed by atoms with van der Waals surface area (Å²) in [6, 6.07) is 7.68. The van der Waals surface area contributed by atoms with E-state index >= 15 is 0 Å². The van der Waals surface area contributed by atoms with Gasteiger partial charge in [-0.3, -0.25) is 0 Å². The summed E-state index contributed by atoms with van der Waals surface area (Å²) in [5.41, 5.74) is 0.826. The molecule has 0 saturated heterocycles. The van der Waals surface area contributed by atoms with E-state index in [9.17, 15) is 0 Å². The molecule has 92 valence electrons. The molecule has 0 spiro atoms. The predicted molar refractivity (Wildman–Crippen MR) is 70.2 cm³/mol. The molecule has 0 aliphatic carbocycles. The van der Waals surface area contributed by atoms with E-state index in [2.05, 4.69) is 5.92 Å². The zero-order chi connectivity index (χ0) is 12.3. The van der Waals surface area contributed by atoms with Gasteiger partial charge in [0.25, 0.3) is 0 Å². The molecule has 2 nitrogen and oxygen atoms in total. The molecule has 0 bridgehead atoms. The first-order valence-corrected chi connectivity index (χ1v) is 6.06. The summed E-state index contributed by atoms with van der Waals surface area (Å²) in [5, 5.41) is 0. The Hall–Kier alpha value is -1.46. The number of methoxy groups -OCH3 is 1. The second kappa shape index (κ2) is 8.66. The highest BCUT2D eigenvalue weighted by molar-refractivity contribution is 5.44. The zero-order valence-electron chi connectivity index (χ0n) is 10.4. The molecule has 0 saturated carbocycles. The van der Waals surface area contributed by atoms with Crippen molar-refractivity contribution in [2.75, 3.05) is 20.3 Å². The highest BCUT2D eigenvalue weighted by Crippen LogP contribution is 2.16. The molecule has 0 unspecified atom stereocenters. The molecule has 1 aromatic carbocycles. The van der Waals surface area contributed by atoms with Gasteiger partial charge in [0.05, 0.1) is 12.2 Å². The van der Waals surface area contributed by atoms with Gasteiger partial charge < -0.3 is 9.47 Å². The van der Waals surface area contributed by atoms with Crippen LogP contribution in [0.1, 0.15) is 31.2 Å². The van der Waals surface area contributed by atoms with Crippen LogP contribution in [0.4, 0.5) is 0 Å². The molecule has 1 aromatic rings. The lowest BCUT2D eigenvalue weighted by Crippen LogP contribution is -1.99. The van der Waals surface area contributed by atoms with E-state index in [-0.39, 0.29) is 0 Å². The molecule has 0 heterocycles. The third-order valence-electron chi connectivity index (χ3n) is 2.54. The van der Waals surface area contributed by atoms with Crippen LogP contribution >= 0.6 is 0 Å². The SMILES string of the molecule is C#Cc1ccccc1OCCCCCCOC. The van der Waals surface area contributed by atoms with Gasteiger partial charge in [0.15, 0.2) is 0 Å². The summed E-state index contributed by atoms with van der Waals surface area (Å²) >= 11 is 0. The first-order valence-electron chi connectivity index (χ1n) is 6.06. The molecule has 0 radical (unpaired) electrons. The number of terminal acetylenes is 1. The topological polar surface area (TPSA) is 18.5 Å². The van der Waals surface area contributed by atoms with Crippen LogP contribution in [0, 0.1) is 12.3 Å². The van der Waals surface area contributed by atoms with Crippen LogP contribution in [0.3, 0.4) is 0 Å². The fourth-order valence-electron chi connectivity index (χ4n) is 1.60. The molecule has 17 heavy (non-hydrogen) atoms. The number of para-hydroxylation sites is 1. The summed E-state index contributed by atoms with van der Waals surface area (Å²) in [4.78, 5) is 0. The van der Waals surface area contributed by atoms with Crippen LogP contribution in [0.5, 0.6) is 5.75 Å². The molecular formula is C15H20O2. The van der Waals surface area contributed by atoms with Crippen molar-refractivity contribution in [1.82, 2.24) is 0 Å². The van der Waals surface area contributed by atoms with E-state index in [1.165, 1.54) is 12.8 Å². The Kier molecular flexibility index (Phi) is 6.93. The second-order valence-electron chi connectivity index (χ2n) is 3.90. The van der Waals surface area contributed by atoms with Crippen molar-refractivity contribution in [2.24, 2.45) is 0 Å². The standard InChI is InChI=1S/C15H20O2/c1-3-14-10-6-7-11-15(14)17-13-9-5-4-8-12-16-2/h1,6-7,10-11H,4-5,8-9,12-13H2,2H3. The van der Waals surface area contributed by atoms with Gasteiger partial charge in [0.2, 0.25) is 0 Å². The van der Waals surface area contributed by atoms with Gasteiger partial charge in [-0.15, -0.1) is 6.42 Å². The summed E-state index contributed by atoms with van der Waals surface area (Å²) in [6.45, 7) is 1.58. The summed E-state index contributed by atoms with van der Waals surface area (Å²) < 4.78 is 10.7. The van der Waals surface area contributed by atoms with E-state index in [1.54, 1.807) is 7.11 Å². The lowest BCUT2D eigenvalue weighted by atomic mass is 10.2. The van der Waals surface area contributed by atoms with Gasteiger partial charge in [0.1, 0.15) is 5.75 Å². The van der Waals surface area contributed by atoms with Crippen molar-refractivity contribution in [3.05, 3.63) is 29.8 Å². The van der Waals surface area contributed by atoms with Crippen molar-refractivity contribution in [1.29, 1.82) is 0 Å². The smallest absolute Gasteiger partial charge is 0.134 e. The maximum atomic E-state index is 5.66. The second-order valence-corrected chi connectivity index (χ2v) is 3.90. The number of hydrogen-bond acceptors (Lipinski definition) is 2. The molecule has 0 atom stereocenters. The predicted octanol–water partition coefficient (Wildman–Crippen LogP) is 3.25. The fraction of sp³-hybridized carbons (Fsp3) is 0.467.